The summed E-state index contributed by atoms with van der Waals surface area (Å²) in [5, 5.41) is 3.33. The van der Waals surface area contributed by atoms with Crippen LogP contribution in [0.5, 0.6) is 11.5 Å². The summed E-state index contributed by atoms with van der Waals surface area (Å²) >= 11 is 0. The summed E-state index contributed by atoms with van der Waals surface area (Å²) in [6.07, 6.45) is 0. The Morgan fingerprint density at radius 1 is 1.09 bits per heavy atom. The van der Waals surface area contributed by atoms with Crippen LogP contribution in [0.1, 0.15) is 17.0 Å². The highest BCUT2D eigenvalue weighted by Crippen LogP contribution is 2.30. The highest BCUT2D eigenvalue weighted by Gasteiger charge is 2.20. The summed E-state index contributed by atoms with van der Waals surface area (Å²) in [4.78, 5) is 33.6. The van der Waals surface area contributed by atoms with Crippen molar-refractivity contribution in [2.45, 2.75) is 26.9 Å². The number of amides is 1. The minimum atomic E-state index is -0.300. The quantitative estimate of drug-likeness (QED) is 0.572. The van der Waals surface area contributed by atoms with E-state index < -0.39 is 0 Å². The Morgan fingerprint density at radius 3 is 2.38 bits per heavy atom. The molecule has 2 aromatic carbocycles. The summed E-state index contributed by atoms with van der Waals surface area (Å²) in [5.74, 6) is 1.15. The first-order valence-electron chi connectivity index (χ1n) is 11.2. The number of rotatable bonds is 7. The van der Waals surface area contributed by atoms with Gasteiger partial charge in [-0.3, -0.25) is 19.1 Å². The Morgan fingerprint density at radius 2 is 1.74 bits per heavy atom. The van der Waals surface area contributed by atoms with Gasteiger partial charge in [-0.05, 0) is 31.0 Å². The lowest BCUT2D eigenvalue weighted by atomic mass is 10.1. The number of methoxy groups -OCH3 is 2. The van der Waals surface area contributed by atoms with Gasteiger partial charge in [0, 0.05) is 24.8 Å². The molecular formula is C25H30N4O5. The molecule has 3 aromatic rings. The summed E-state index contributed by atoms with van der Waals surface area (Å²) in [7, 11) is 3.05. The molecular weight excluding hydrogens is 436 g/mol. The third-order valence-corrected chi connectivity index (χ3v) is 6.05. The van der Waals surface area contributed by atoms with E-state index in [2.05, 4.69) is 10.2 Å². The third-order valence-electron chi connectivity index (χ3n) is 6.05. The summed E-state index contributed by atoms with van der Waals surface area (Å²) in [6.45, 7) is 6.86. The van der Waals surface area contributed by atoms with Crippen LogP contribution in [0.4, 0.5) is 5.69 Å². The van der Waals surface area contributed by atoms with Gasteiger partial charge >= 0.3 is 0 Å². The second kappa shape index (κ2) is 10.2. The number of anilines is 1. The molecule has 1 saturated heterocycles. The van der Waals surface area contributed by atoms with E-state index in [0.29, 0.717) is 48.0 Å². The van der Waals surface area contributed by atoms with Gasteiger partial charge in [-0.25, -0.2) is 4.98 Å². The first-order valence-corrected chi connectivity index (χ1v) is 11.2. The standard InChI is InChI=1S/C25H30N4O5/c1-16-6-5-7-17(2)24(16)27-23(30)15-29-22(14-28-8-10-34-11-9-28)26-19-13-21(33-4)20(32-3)12-18(19)25(29)31/h5-7,12-13H,8-11,14-15H2,1-4H3,(H,27,30). The number of nitrogens with one attached hydrogen (secondary N) is 1. The lowest BCUT2D eigenvalue weighted by Gasteiger charge is -2.27. The molecule has 0 radical (unpaired) electrons. The predicted molar refractivity (Wildman–Crippen MR) is 130 cm³/mol. The maximum Gasteiger partial charge on any atom is 0.262 e. The number of aromatic nitrogens is 2. The number of para-hydroxylation sites is 1. The average molecular weight is 467 g/mol. The van der Waals surface area contributed by atoms with Crippen LogP contribution >= 0.6 is 0 Å². The van der Waals surface area contributed by atoms with Crippen molar-refractivity contribution in [1.29, 1.82) is 0 Å². The smallest absolute Gasteiger partial charge is 0.262 e. The van der Waals surface area contributed by atoms with Crippen LogP contribution in [0.25, 0.3) is 10.9 Å². The molecule has 1 fully saturated rings. The summed E-state index contributed by atoms with van der Waals surface area (Å²) in [6, 6.07) is 9.13. The van der Waals surface area contributed by atoms with Crippen molar-refractivity contribution < 1.29 is 19.0 Å². The van der Waals surface area contributed by atoms with E-state index in [0.717, 1.165) is 29.9 Å². The lowest BCUT2D eigenvalue weighted by Crippen LogP contribution is -2.39. The minimum absolute atomic E-state index is 0.149. The van der Waals surface area contributed by atoms with Gasteiger partial charge in [-0.15, -0.1) is 0 Å². The minimum Gasteiger partial charge on any atom is -0.493 e. The number of hydrogen-bond donors (Lipinski definition) is 1. The van der Waals surface area contributed by atoms with Crippen molar-refractivity contribution in [2.24, 2.45) is 0 Å². The second-order valence-corrected chi connectivity index (χ2v) is 8.35. The van der Waals surface area contributed by atoms with Gasteiger partial charge < -0.3 is 19.5 Å². The SMILES string of the molecule is COc1cc2nc(CN3CCOCC3)n(CC(=O)Nc3c(C)cccc3C)c(=O)c2cc1OC. The molecule has 1 aliphatic rings. The number of carbonyl (C=O) groups is 1. The number of aryl methyl sites for hydroxylation is 2. The van der Waals surface area contributed by atoms with E-state index >= 15 is 0 Å². The monoisotopic (exact) mass is 466 g/mol. The number of fused-ring (bicyclic) bond motifs is 1. The van der Waals surface area contributed by atoms with Crippen molar-refractivity contribution in [1.82, 2.24) is 14.5 Å². The number of carbonyl (C=O) groups excluding carboxylic acids is 1. The molecule has 1 N–H and O–H groups in total. The Bertz CT molecular complexity index is 1240. The highest BCUT2D eigenvalue weighted by atomic mass is 16.5. The van der Waals surface area contributed by atoms with Crippen molar-refractivity contribution in [3.05, 3.63) is 57.6 Å². The molecule has 0 atom stereocenters. The molecule has 0 spiro atoms. The predicted octanol–water partition coefficient (Wildman–Crippen LogP) is 2.50. The van der Waals surface area contributed by atoms with Gasteiger partial charge in [0.2, 0.25) is 5.91 Å². The van der Waals surface area contributed by atoms with Crippen LogP contribution in [-0.2, 0) is 22.6 Å². The number of benzene rings is 2. The van der Waals surface area contributed by atoms with Crippen LogP contribution in [0.2, 0.25) is 0 Å². The van der Waals surface area contributed by atoms with Gasteiger partial charge in [0.15, 0.2) is 11.5 Å². The van der Waals surface area contributed by atoms with E-state index in [1.54, 1.807) is 12.1 Å². The van der Waals surface area contributed by atoms with Crippen molar-refractivity contribution in [2.75, 3.05) is 45.8 Å². The fraction of sp³-hybridized carbons (Fsp3) is 0.400. The zero-order valence-electron chi connectivity index (χ0n) is 20.0. The largest absolute Gasteiger partial charge is 0.493 e. The molecule has 34 heavy (non-hydrogen) atoms. The summed E-state index contributed by atoms with van der Waals surface area (Å²) in [5.41, 5.74) is 2.88. The molecule has 180 valence electrons. The fourth-order valence-corrected chi connectivity index (χ4v) is 4.17. The van der Waals surface area contributed by atoms with Gasteiger partial charge in [0.25, 0.3) is 5.56 Å². The molecule has 9 nitrogen and oxygen atoms in total. The van der Waals surface area contributed by atoms with E-state index in [1.807, 2.05) is 32.0 Å². The Kier molecular flexibility index (Phi) is 7.14. The maximum atomic E-state index is 13.6. The molecule has 2 heterocycles. The van der Waals surface area contributed by atoms with Crippen LogP contribution in [0.3, 0.4) is 0 Å². The van der Waals surface area contributed by atoms with Crippen LogP contribution in [-0.4, -0.2) is 60.9 Å². The van der Waals surface area contributed by atoms with E-state index in [1.165, 1.54) is 18.8 Å². The molecule has 0 aliphatic carbocycles. The van der Waals surface area contributed by atoms with E-state index in [-0.39, 0.29) is 18.0 Å². The first-order chi connectivity index (χ1) is 16.4. The zero-order valence-corrected chi connectivity index (χ0v) is 20.0. The second-order valence-electron chi connectivity index (χ2n) is 8.35. The first kappa shape index (κ1) is 23.7. The van der Waals surface area contributed by atoms with Crippen LogP contribution < -0.4 is 20.3 Å². The van der Waals surface area contributed by atoms with E-state index in [9.17, 15) is 9.59 Å². The highest BCUT2D eigenvalue weighted by molar-refractivity contribution is 5.92. The van der Waals surface area contributed by atoms with Crippen LogP contribution in [0, 0.1) is 13.8 Å². The molecule has 1 aromatic heterocycles. The summed E-state index contributed by atoms with van der Waals surface area (Å²) < 4.78 is 17.7. The van der Waals surface area contributed by atoms with E-state index in [4.69, 9.17) is 19.2 Å². The topological polar surface area (TPSA) is 94.9 Å². The number of morpholine rings is 1. The van der Waals surface area contributed by atoms with Gasteiger partial charge in [0.1, 0.15) is 12.4 Å². The Balaban J connectivity index is 1.75. The molecule has 4 rings (SSSR count). The molecule has 0 unspecified atom stereocenters. The third kappa shape index (κ3) is 4.90. The van der Waals surface area contributed by atoms with Gasteiger partial charge in [-0.1, -0.05) is 18.2 Å². The van der Waals surface area contributed by atoms with Crippen molar-refractivity contribution >= 4 is 22.5 Å². The van der Waals surface area contributed by atoms with Crippen LogP contribution in [0.15, 0.2) is 35.1 Å². The number of ether oxygens (including phenoxy) is 3. The molecule has 0 saturated carbocycles. The maximum absolute atomic E-state index is 13.6. The average Bonchev–Trinajstić information content (AvgIpc) is 2.84. The zero-order chi connectivity index (χ0) is 24.2. The van der Waals surface area contributed by atoms with Gasteiger partial charge in [0.05, 0.1) is 44.9 Å². The lowest BCUT2D eigenvalue weighted by molar-refractivity contribution is -0.116. The molecule has 9 heteroatoms. The molecule has 0 bridgehead atoms. The van der Waals surface area contributed by atoms with Crippen molar-refractivity contribution in [3.63, 3.8) is 0 Å². The number of nitrogens with zero attached hydrogens (tertiary/aromatic N) is 3. The van der Waals surface area contributed by atoms with Crippen molar-refractivity contribution in [3.8, 4) is 11.5 Å². The fourth-order valence-electron chi connectivity index (χ4n) is 4.17. The Hall–Kier alpha value is -3.43. The molecule has 1 amide bonds. The Labute approximate surface area is 198 Å². The normalized spacial score (nSPS) is 14.2. The number of hydrogen-bond acceptors (Lipinski definition) is 7. The van der Waals surface area contributed by atoms with Gasteiger partial charge in [-0.2, -0.15) is 0 Å². The molecule has 1 aliphatic heterocycles.